The van der Waals surface area contributed by atoms with Gasteiger partial charge in [-0.25, -0.2) is 0 Å². The smallest absolute Gasteiger partial charge is 0.253 e. The van der Waals surface area contributed by atoms with E-state index in [0.717, 1.165) is 10.9 Å². The third kappa shape index (κ3) is 5.08. The molecule has 0 atom stereocenters. The van der Waals surface area contributed by atoms with Crippen molar-refractivity contribution in [3.8, 4) is 0 Å². The first-order valence-corrected chi connectivity index (χ1v) is 12.9. The molecule has 0 unspecified atom stereocenters. The third-order valence-corrected chi connectivity index (χ3v) is 7.13. The second-order valence-electron chi connectivity index (χ2n) is 9.09. The van der Waals surface area contributed by atoms with E-state index in [1.54, 1.807) is 63.7 Å². The number of carbonyl (C=O) groups is 2. The van der Waals surface area contributed by atoms with E-state index in [0.29, 0.717) is 51.7 Å². The van der Waals surface area contributed by atoms with E-state index in [-0.39, 0.29) is 23.9 Å². The molecule has 0 spiro atoms. The minimum Gasteiger partial charge on any atom is -0.342 e. The summed E-state index contributed by atoms with van der Waals surface area (Å²) in [5.74, 6) is -0.212. The summed E-state index contributed by atoms with van der Waals surface area (Å²) in [6.07, 6.45) is 2.33. The quantitative estimate of drug-likeness (QED) is 0.249. The first kappa shape index (κ1) is 25.7. The molecule has 2 aromatic heterocycles. The van der Waals surface area contributed by atoms with Crippen molar-refractivity contribution in [2.45, 2.75) is 19.5 Å². The Bertz CT molecular complexity index is 1720. The Hall–Kier alpha value is -3.94. The maximum atomic E-state index is 13.0. The van der Waals surface area contributed by atoms with Gasteiger partial charge < -0.3 is 14.0 Å². The highest BCUT2D eigenvalue weighted by Gasteiger charge is 2.18. The lowest BCUT2D eigenvalue weighted by molar-refractivity contribution is 0.0791. The lowest BCUT2D eigenvalue weighted by atomic mass is 10.1. The monoisotopic (exact) mass is 545 g/mol. The van der Waals surface area contributed by atoms with Gasteiger partial charge in [0.2, 0.25) is 5.62 Å². The molecule has 5 aromatic rings. The number of hydrogen-bond donors (Lipinski definition) is 1. The van der Waals surface area contributed by atoms with Crippen LogP contribution in [-0.2, 0) is 13.1 Å². The number of amides is 1. The predicted octanol–water partition coefficient (Wildman–Crippen LogP) is 5.82. The number of hydrogen-bond acceptors (Lipinski definition) is 4. The van der Waals surface area contributed by atoms with Crippen LogP contribution in [0, 0.1) is 5.41 Å². The van der Waals surface area contributed by atoms with E-state index in [4.69, 9.17) is 28.6 Å². The summed E-state index contributed by atoms with van der Waals surface area (Å²) < 4.78 is 3.46. The minimum atomic E-state index is -0.130. The number of halogens is 2. The van der Waals surface area contributed by atoms with Crippen LogP contribution in [0.2, 0.25) is 10.0 Å². The van der Waals surface area contributed by atoms with Crippen molar-refractivity contribution < 1.29 is 9.59 Å². The SMILES string of the molecule is CN(CCCn1c(=N)n(CC(=O)c2ccc(Cl)cc2)c2cccc(Cl)c21)C(=O)c1ccc2ncccc2c1. The van der Waals surface area contributed by atoms with E-state index in [1.807, 2.05) is 36.4 Å². The maximum absolute atomic E-state index is 13.0. The molecule has 38 heavy (non-hydrogen) atoms. The van der Waals surface area contributed by atoms with Crippen molar-refractivity contribution in [2.24, 2.45) is 0 Å². The second kappa shape index (κ2) is 10.8. The van der Waals surface area contributed by atoms with Crippen LogP contribution in [0.1, 0.15) is 27.1 Å². The van der Waals surface area contributed by atoms with Crippen LogP contribution in [0.4, 0.5) is 0 Å². The van der Waals surface area contributed by atoms with Crippen LogP contribution in [0.5, 0.6) is 0 Å². The molecule has 7 nitrogen and oxygen atoms in total. The number of aromatic nitrogens is 3. The fourth-order valence-electron chi connectivity index (χ4n) is 4.60. The van der Waals surface area contributed by atoms with Crippen LogP contribution >= 0.6 is 23.2 Å². The Morgan fingerprint density at radius 1 is 0.947 bits per heavy atom. The molecule has 0 aliphatic carbocycles. The number of rotatable bonds is 8. The number of nitrogens with one attached hydrogen (secondary N) is 1. The van der Waals surface area contributed by atoms with Gasteiger partial charge in [-0.1, -0.05) is 35.3 Å². The third-order valence-electron chi connectivity index (χ3n) is 6.58. The van der Waals surface area contributed by atoms with Crippen molar-refractivity contribution in [1.82, 2.24) is 19.0 Å². The fourth-order valence-corrected chi connectivity index (χ4v) is 5.00. The predicted molar refractivity (Wildman–Crippen MR) is 150 cm³/mol. The molecule has 1 N–H and O–H groups in total. The molecular weight excluding hydrogens is 521 g/mol. The summed E-state index contributed by atoms with van der Waals surface area (Å²) in [5, 5.41) is 10.8. The number of ketones is 1. The van der Waals surface area contributed by atoms with Crippen molar-refractivity contribution in [3.63, 3.8) is 0 Å². The Kier molecular flexibility index (Phi) is 7.31. The van der Waals surface area contributed by atoms with Gasteiger partial charge in [-0.3, -0.25) is 20.0 Å². The molecule has 2 heterocycles. The lowest BCUT2D eigenvalue weighted by Gasteiger charge is -2.18. The molecule has 9 heteroatoms. The van der Waals surface area contributed by atoms with Crippen LogP contribution < -0.4 is 5.62 Å². The number of fused-ring (bicyclic) bond motifs is 2. The Labute approximate surface area is 229 Å². The number of imidazole rings is 1. The highest BCUT2D eigenvalue weighted by atomic mass is 35.5. The molecule has 0 bridgehead atoms. The summed E-state index contributed by atoms with van der Waals surface area (Å²) in [7, 11) is 1.77. The van der Waals surface area contributed by atoms with Gasteiger partial charge in [-0.2, -0.15) is 0 Å². The van der Waals surface area contributed by atoms with Gasteiger partial charge in [0.05, 0.1) is 28.1 Å². The molecule has 5 rings (SSSR count). The highest BCUT2D eigenvalue weighted by molar-refractivity contribution is 6.35. The normalized spacial score (nSPS) is 11.2. The number of carbonyl (C=O) groups excluding carboxylic acids is 2. The van der Waals surface area contributed by atoms with Crippen molar-refractivity contribution in [2.75, 3.05) is 13.6 Å². The molecule has 0 radical (unpaired) electrons. The van der Waals surface area contributed by atoms with Gasteiger partial charge >= 0.3 is 0 Å². The standard InChI is InChI=1S/C29H25Cl2N5O2/c1-34(28(38)21-10-13-24-20(17-21)5-3-14-33-24)15-4-16-35-27-23(31)6-2-7-25(27)36(29(35)32)18-26(37)19-8-11-22(30)12-9-19/h2-3,5-14,17,32H,4,15-16,18H2,1H3. The van der Waals surface area contributed by atoms with Crippen molar-refractivity contribution in [1.29, 1.82) is 5.41 Å². The molecule has 192 valence electrons. The molecule has 0 fully saturated rings. The second-order valence-corrected chi connectivity index (χ2v) is 9.93. The number of para-hydroxylation sites is 1. The Morgan fingerprint density at radius 3 is 2.50 bits per heavy atom. The van der Waals surface area contributed by atoms with E-state index in [1.165, 1.54) is 0 Å². The number of pyridine rings is 1. The highest BCUT2D eigenvalue weighted by Crippen LogP contribution is 2.24. The van der Waals surface area contributed by atoms with Gasteiger partial charge in [0.1, 0.15) is 0 Å². The number of benzene rings is 3. The number of Topliss-reactive ketones (excluding diaryl/α,β-unsaturated/α-hetero) is 1. The van der Waals surface area contributed by atoms with E-state index < -0.39 is 0 Å². The summed E-state index contributed by atoms with van der Waals surface area (Å²) >= 11 is 12.5. The van der Waals surface area contributed by atoms with E-state index in [9.17, 15) is 9.59 Å². The van der Waals surface area contributed by atoms with Crippen LogP contribution in [0.25, 0.3) is 21.9 Å². The summed E-state index contributed by atoms with van der Waals surface area (Å²) in [4.78, 5) is 32.0. The van der Waals surface area contributed by atoms with Gasteiger partial charge in [0.15, 0.2) is 5.78 Å². The molecular formula is C29H25Cl2N5O2. The van der Waals surface area contributed by atoms with Crippen molar-refractivity contribution in [3.05, 3.63) is 106 Å². The molecule has 0 aliphatic heterocycles. The van der Waals surface area contributed by atoms with Gasteiger partial charge in [0, 0.05) is 47.9 Å². The molecule has 0 aliphatic rings. The number of nitrogens with zero attached hydrogens (tertiary/aromatic N) is 4. The molecule has 0 saturated heterocycles. The molecule has 0 saturated carbocycles. The van der Waals surface area contributed by atoms with Crippen LogP contribution in [-0.4, -0.2) is 44.3 Å². The largest absolute Gasteiger partial charge is 0.342 e. The molecule has 1 amide bonds. The minimum absolute atomic E-state index is 0.000479. The summed E-state index contributed by atoms with van der Waals surface area (Å²) in [5.41, 5.74) is 3.54. The maximum Gasteiger partial charge on any atom is 0.253 e. The van der Waals surface area contributed by atoms with Gasteiger partial charge in [0.25, 0.3) is 5.91 Å². The Morgan fingerprint density at radius 2 is 1.71 bits per heavy atom. The van der Waals surface area contributed by atoms with Gasteiger partial charge in [-0.05, 0) is 67.1 Å². The zero-order valence-corrected chi connectivity index (χ0v) is 22.2. The van der Waals surface area contributed by atoms with Crippen LogP contribution in [0.3, 0.4) is 0 Å². The zero-order valence-electron chi connectivity index (χ0n) is 20.7. The average Bonchev–Trinajstić information content (AvgIpc) is 3.19. The average molecular weight is 546 g/mol. The van der Waals surface area contributed by atoms with Crippen molar-refractivity contribution >= 4 is 56.8 Å². The fraction of sp³-hybridized carbons (Fsp3) is 0.172. The van der Waals surface area contributed by atoms with E-state index in [2.05, 4.69) is 4.98 Å². The first-order chi connectivity index (χ1) is 18.3. The summed E-state index contributed by atoms with van der Waals surface area (Å²) in [6, 6.07) is 21.4. The Balaban J connectivity index is 1.34. The zero-order chi connectivity index (χ0) is 26.8. The topological polar surface area (TPSA) is 84.0 Å². The van der Waals surface area contributed by atoms with E-state index >= 15 is 0 Å². The molecule has 3 aromatic carbocycles. The first-order valence-electron chi connectivity index (χ1n) is 12.1. The number of aryl methyl sites for hydroxylation is 1. The lowest BCUT2D eigenvalue weighted by Crippen LogP contribution is -2.31. The van der Waals surface area contributed by atoms with Crippen LogP contribution in [0.15, 0.2) is 79.0 Å². The van der Waals surface area contributed by atoms with Gasteiger partial charge in [-0.15, -0.1) is 0 Å². The summed E-state index contributed by atoms with van der Waals surface area (Å²) in [6.45, 7) is 0.942.